The van der Waals surface area contributed by atoms with Crippen LogP contribution in [-0.4, -0.2) is 11.5 Å². The van der Waals surface area contributed by atoms with Gasteiger partial charge in [0.05, 0.1) is 0 Å². The first-order valence-electron chi connectivity index (χ1n) is 6.60. The smallest absolute Gasteiger partial charge is 0.150 e. The van der Waals surface area contributed by atoms with E-state index in [1.165, 1.54) is 11.6 Å². The van der Waals surface area contributed by atoms with E-state index >= 15 is 0 Å². The molecule has 1 N–H and O–H groups in total. The summed E-state index contributed by atoms with van der Waals surface area (Å²) in [7, 11) is 0. The summed E-state index contributed by atoms with van der Waals surface area (Å²) in [5.74, 6) is -0.283. The molecule has 0 amide bonds. The minimum atomic E-state index is -0.283. The first-order valence-corrected chi connectivity index (χ1v) is 7.39. The van der Waals surface area contributed by atoms with E-state index in [4.69, 9.17) is 0 Å². The number of hydrogen-bond donors (Lipinski definition) is 1. The van der Waals surface area contributed by atoms with Gasteiger partial charge < -0.3 is 5.32 Å². The van der Waals surface area contributed by atoms with Crippen LogP contribution in [0, 0.1) is 12.7 Å². The summed E-state index contributed by atoms with van der Waals surface area (Å²) < 4.78 is 14.8. The van der Waals surface area contributed by atoms with Crippen LogP contribution in [-0.2, 0) is 6.42 Å². The highest BCUT2D eigenvalue weighted by Crippen LogP contribution is 2.32. The first-order chi connectivity index (χ1) is 9.08. The van der Waals surface area contributed by atoms with Gasteiger partial charge in [-0.3, -0.25) is 0 Å². The fraction of sp³-hybridized carbons (Fsp3) is 0.400. The molecule has 1 heterocycles. The average molecular weight is 325 g/mol. The van der Waals surface area contributed by atoms with Gasteiger partial charge in [0.25, 0.3) is 0 Å². The fourth-order valence-electron chi connectivity index (χ4n) is 2.33. The third-order valence-corrected chi connectivity index (χ3v) is 3.68. The maximum atomic E-state index is 14.0. The second-order valence-corrected chi connectivity index (χ2v) is 5.53. The Balaban J connectivity index is 2.76. The van der Waals surface area contributed by atoms with E-state index in [1.807, 2.05) is 13.0 Å². The van der Waals surface area contributed by atoms with Crippen molar-refractivity contribution in [1.82, 2.24) is 4.98 Å². The van der Waals surface area contributed by atoms with Gasteiger partial charge in [0.1, 0.15) is 5.52 Å². The van der Waals surface area contributed by atoms with Gasteiger partial charge in [-0.25, -0.2) is 9.37 Å². The highest BCUT2D eigenvalue weighted by Gasteiger charge is 2.14. The third kappa shape index (κ3) is 2.73. The van der Waals surface area contributed by atoms with E-state index in [0.29, 0.717) is 5.52 Å². The van der Waals surface area contributed by atoms with Crippen molar-refractivity contribution in [1.29, 1.82) is 0 Å². The lowest BCUT2D eigenvalue weighted by Crippen LogP contribution is -2.07. The van der Waals surface area contributed by atoms with Gasteiger partial charge in [-0.05, 0) is 37.5 Å². The summed E-state index contributed by atoms with van der Waals surface area (Å²) in [6.07, 6.45) is 1.91. The standard InChI is InChI=1S/C15H18BrFN2/c1-4-6-18-14-11(5-2)9(3)19-15-12(14)7-10(16)8-13(15)17/h7-8H,4-6H2,1-3H3,(H,18,19). The van der Waals surface area contributed by atoms with Gasteiger partial charge in [-0.1, -0.05) is 29.8 Å². The Morgan fingerprint density at radius 2 is 2.05 bits per heavy atom. The lowest BCUT2D eigenvalue weighted by Gasteiger charge is -2.16. The van der Waals surface area contributed by atoms with E-state index in [9.17, 15) is 4.39 Å². The summed E-state index contributed by atoms with van der Waals surface area (Å²) in [5.41, 5.74) is 3.52. The van der Waals surface area contributed by atoms with E-state index in [-0.39, 0.29) is 5.82 Å². The van der Waals surface area contributed by atoms with Crippen molar-refractivity contribution in [2.24, 2.45) is 0 Å². The van der Waals surface area contributed by atoms with E-state index in [0.717, 1.165) is 40.6 Å². The number of fused-ring (bicyclic) bond motifs is 1. The van der Waals surface area contributed by atoms with Crippen molar-refractivity contribution in [3.63, 3.8) is 0 Å². The lowest BCUT2D eigenvalue weighted by molar-refractivity contribution is 0.635. The molecule has 1 aromatic carbocycles. The van der Waals surface area contributed by atoms with Crippen LogP contribution in [0.2, 0.25) is 0 Å². The number of hydrogen-bond acceptors (Lipinski definition) is 2. The normalized spacial score (nSPS) is 11.0. The second-order valence-electron chi connectivity index (χ2n) is 4.61. The highest BCUT2D eigenvalue weighted by molar-refractivity contribution is 9.10. The maximum Gasteiger partial charge on any atom is 0.150 e. The Kier molecular flexibility index (Phi) is 4.40. The molecule has 0 saturated carbocycles. The van der Waals surface area contributed by atoms with Crippen molar-refractivity contribution in [3.8, 4) is 0 Å². The van der Waals surface area contributed by atoms with Crippen LogP contribution in [0.15, 0.2) is 16.6 Å². The molecule has 0 saturated heterocycles. The minimum Gasteiger partial charge on any atom is -0.384 e. The number of anilines is 1. The molecule has 0 radical (unpaired) electrons. The Morgan fingerprint density at radius 1 is 1.32 bits per heavy atom. The average Bonchev–Trinajstić information content (AvgIpc) is 2.37. The predicted octanol–water partition coefficient (Wildman–Crippen LogP) is 4.83. The van der Waals surface area contributed by atoms with Crippen LogP contribution in [0.25, 0.3) is 10.9 Å². The molecule has 0 atom stereocenters. The quantitative estimate of drug-likeness (QED) is 0.871. The fourth-order valence-corrected chi connectivity index (χ4v) is 2.76. The Bertz CT molecular complexity index is 611. The van der Waals surface area contributed by atoms with Gasteiger partial charge in [-0.15, -0.1) is 0 Å². The number of nitrogens with zero attached hydrogens (tertiary/aromatic N) is 1. The number of benzene rings is 1. The summed E-state index contributed by atoms with van der Waals surface area (Å²) in [6.45, 7) is 7.03. The molecule has 0 aliphatic heterocycles. The number of pyridine rings is 1. The van der Waals surface area contributed by atoms with Gasteiger partial charge in [0.15, 0.2) is 5.82 Å². The van der Waals surface area contributed by atoms with Crippen LogP contribution in [0.1, 0.15) is 31.5 Å². The van der Waals surface area contributed by atoms with Crippen LogP contribution in [0.5, 0.6) is 0 Å². The number of nitrogens with one attached hydrogen (secondary N) is 1. The topological polar surface area (TPSA) is 24.9 Å². The molecule has 2 nitrogen and oxygen atoms in total. The van der Waals surface area contributed by atoms with Crippen LogP contribution < -0.4 is 5.32 Å². The van der Waals surface area contributed by atoms with Crippen LogP contribution >= 0.6 is 15.9 Å². The zero-order valence-electron chi connectivity index (χ0n) is 11.5. The van der Waals surface area contributed by atoms with E-state index in [1.54, 1.807) is 0 Å². The number of aromatic nitrogens is 1. The zero-order valence-corrected chi connectivity index (χ0v) is 13.1. The van der Waals surface area contributed by atoms with Crippen molar-refractivity contribution in [2.45, 2.75) is 33.6 Å². The van der Waals surface area contributed by atoms with Crippen LogP contribution in [0.3, 0.4) is 0 Å². The van der Waals surface area contributed by atoms with Crippen LogP contribution in [0.4, 0.5) is 10.1 Å². The third-order valence-electron chi connectivity index (χ3n) is 3.22. The van der Waals surface area contributed by atoms with Crippen molar-refractivity contribution >= 4 is 32.5 Å². The molecule has 2 rings (SSSR count). The van der Waals surface area contributed by atoms with Crippen molar-refractivity contribution in [2.75, 3.05) is 11.9 Å². The molecule has 102 valence electrons. The number of halogens is 2. The highest BCUT2D eigenvalue weighted by atomic mass is 79.9. The molecule has 1 aromatic heterocycles. The summed E-state index contributed by atoms with van der Waals surface area (Å²) in [6, 6.07) is 3.39. The predicted molar refractivity (Wildman–Crippen MR) is 82.3 cm³/mol. The molecule has 2 aromatic rings. The van der Waals surface area contributed by atoms with Gasteiger partial charge in [-0.2, -0.15) is 0 Å². The van der Waals surface area contributed by atoms with Crippen molar-refractivity contribution < 1.29 is 4.39 Å². The molecule has 0 spiro atoms. The SMILES string of the molecule is CCCNc1c(CC)c(C)nc2c(F)cc(Br)cc12. The number of aryl methyl sites for hydroxylation is 1. The maximum absolute atomic E-state index is 14.0. The zero-order chi connectivity index (χ0) is 14.0. The molecule has 19 heavy (non-hydrogen) atoms. The lowest BCUT2D eigenvalue weighted by atomic mass is 10.0. The summed E-state index contributed by atoms with van der Waals surface area (Å²) in [4.78, 5) is 4.42. The minimum absolute atomic E-state index is 0.283. The number of rotatable bonds is 4. The molecular formula is C15H18BrFN2. The summed E-state index contributed by atoms with van der Waals surface area (Å²) >= 11 is 3.36. The Morgan fingerprint density at radius 3 is 2.68 bits per heavy atom. The molecular weight excluding hydrogens is 307 g/mol. The van der Waals surface area contributed by atoms with E-state index in [2.05, 4.69) is 40.1 Å². The van der Waals surface area contributed by atoms with Gasteiger partial charge in [0, 0.05) is 27.8 Å². The Hall–Kier alpha value is -1.16. The first kappa shape index (κ1) is 14.3. The molecule has 0 unspecified atom stereocenters. The molecule has 0 aliphatic carbocycles. The monoisotopic (exact) mass is 324 g/mol. The Labute approximate surface area is 121 Å². The van der Waals surface area contributed by atoms with Gasteiger partial charge >= 0.3 is 0 Å². The molecule has 0 fully saturated rings. The molecule has 0 aliphatic rings. The largest absolute Gasteiger partial charge is 0.384 e. The van der Waals surface area contributed by atoms with Gasteiger partial charge in [0.2, 0.25) is 0 Å². The molecule has 4 heteroatoms. The van der Waals surface area contributed by atoms with E-state index < -0.39 is 0 Å². The summed E-state index contributed by atoms with van der Waals surface area (Å²) in [5, 5.41) is 4.27. The second kappa shape index (κ2) is 5.87. The molecule has 0 bridgehead atoms. The van der Waals surface area contributed by atoms with Crippen molar-refractivity contribution in [3.05, 3.63) is 33.7 Å².